The molecule has 2 saturated heterocycles. The highest BCUT2D eigenvalue weighted by Crippen LogP contribution is 2.29. The lowest BCUT2D eigenvalue weighted by atomic mass is 10.1. The smallest absolute Gasteiger partial charge is 0.227 e. The van der Waals surface area contributed by atoms with Crippen molar-refractivity contribution in [2.45, 2.75) is 51.1 Å². The molecule has 1 aromatic carbocycles. The molecule has 0 aliphatic carbocycles. The second-order valence-electron chi connectivity index (χ2n) is 7.15. The van der Waals surface area contributed by atoms with Gasteiger partial charge in [0.25, 0.3) is 0 Å². The Morgan fingerprint density at radius 3 is 2.96 bits per heavy atom. The van der Waals surface area contributed by atoms with E-state index in [0.29, 0.717) is 47.8 Å². The highest BCUT2D eigenvalue weighted by atomic mass is 35.5. The van der Waals surface area contributed by atoms with Crippen LogP contribution in [0, 0.1) is 12.7 Å². The number of halogens is 2. The minimum atomic E-state index is -0.260. The molecule has 2 unspecified atom stereocenters. The van der Waals surface area contributed by atoms with Crippen LogP contribution in [0.1, 0.15) is 37.1 Å². The number of hydrogen-bond acceptors (Lipinski definition) is 5. The molecule has 6 nitrogen and oxygen atoms in total. The average Bonchev–Trinajstić information content (AvgIpc) is 3.19. The van der Waals surface area contributed by atoms with Crippen molar-refractivity contribution in [3.05, 3.63) is 35.5 Å². The molecule has 2 atom stereocenters. The lowest BCUT2D eigenvalue weighted by molar-refractivity contribution is -0.133. The summed E-state index contributed by atoms with van der Waals surface area (Å²) in [5.74, 6) is 0.772. The van der Waals surface area contributed by atoms with Gasteiger partial charge in [-0.25, -0.2) is 4.39 Å². The maximum Gasteiger partial charge on any atom is 0.227 e. The summed E-state index contributed by atoms with van der Waals surface area (Å²) in [6, 6.07) is 5.40. The molecule has 2 aromatic rings. The van der Waals surface area contributed by atoms with Gasteiger partial charge in [-0.2, -0.15) is 4.98 Å². The zero-order valence-electron chi connectivity index (χ0n) is 15.3. The quantitative estimate of drug-likeness (QED) is 0.863. The Morgan fingerprint density at radius 1 is 1.33 bits per heavy atom. The molecule has 0 spiro atoms. The van der Waals surface area contributed by atoms with E-state index in [9.17, 15) is 9.18 Å². The Labute approximate surface area is 163 Å². The summed E-state index contributed by atoms with van der Waals surface area (Å²) in [6.07, 6.45) is 4.01. The molecule has 1 N–H and O–H groups in total. The Bertz CT molecular complexity index is 799. The first kappa shape index (κ1) is 19.8. The first-order valence-electron chi connectivity index (χ1n) is 9.23. The summed E-state index contributed by atoms with van der Waals surface area (Å²) in [7, 11) is 0. The number of rotatable bonds is 4. The largest absolute Gasteiger partial charge is 0.339 e. The fraction of sp³-hybridized carbons (Fsp3) is 0.526. The van der Waals surface area contributed by atoms with Gasteiger partial charge in [0.2, 0.25) is 17.6 Å². The van der Waals surface area contributed by atoms with Crippen molar-refractivity contribution in [1.29, 1.82) is 0 Å². The molecule has 27 heavy (non-hydrogen) atoms. The Kier molecular flexibility index (Phi) is 6.11. The van der Waals surface area contributed by atoms with Crippen LogP contribution in [0.2, 0.25) is 0 Å². The van der Waals surface area contributed by atoms with Gasteiger partial charge in [-0.1, -0.05) is 5.16 Å². The normalized spacial score (nSPS) is 21.6. The van der Waals surface area contributed by atoms with Crippen molar-refractivity contribution >= 4 is 18.3 Å². The maximum absolute atomic E-state index is 13.4. The molecular formula is C19H24ClFN4O2. The zero-order valence-corrected chi connectivity index (χ0v) is 16.1. The number of carbonyl (C=O) groups is 1. The average molecular weight is 395 g/mol. The first-order valence-corrected chi connectivity index (χ1v) is 9.23. The third kappa shape index (κ3) is 4.14. The SMILES string of the molecule is Cc1cc(-c2noc(CCC(=O)N3C4CCNCC3CC4)n2)ccc1F.Cl. The van der Waals surface area contributed by atoms with Crippen LogP contribution in [-0.4, -0.2) is 46.1 Å². The molecule has 3 heterocycles. The van der Waals surface area contributed by atoms with Gasteiger partial charge in [0.05, 0.1) is 0 Å². The van der Waals surface area contributed by atoms with Gasteiger partial charge in [0.1, 0.15) is 5.82 Å². The molecule has 0 radical (unpaired) electrons. The van der Waals surface area contributed by atoms with Crippen molar-refractivity contribution in [3.63, 3.8) is 0 Å². The molecule has 8 heteroatoms. The van der Waals surface area contributed by atoms with Gasteiger partial charge in [0, 0.05) is 37.0 Å². The number of nitrogens with zero attached hydrogens (tertiary/aromatic N) is 3. The fourth-order valence-corrected chi connectivity index (χ4v) is 3.99. The molecule has 2 fully saturated rings. The fourth-order valence-electron chi connectivity index (χ4n) is 3.99. The second-order valence-corrected chi connectivity index (χ2v) is 7.15. The van der Waals surface area contributed by atoms with Gasteiger partial charge >= 0.3 is 0 Å². The highest BCUT2D eigenvalue weighted by Gasteiger charge is 2.37. The van der Waals surface area contributed by atoms with Crippen molar-refractivity contribution < 1.29 is 13.7 Å². The summed E-state index contributed by atoms with van der Waals surface area (Å²) in [4.78, 5) is 19.1. The molecule has 146 valence electrons. The molecule has 4 rings (SSSR count). The Balaban J connectivity index is 0.00000210. The van der Waals surface area contributed by atoms with Crippen molar-refractivity contribution in [2.24, 2.45) is 0 Å². The predicted octanol–water partition coefficient (Wildman–Crippen LogP) is 2.89. The lowest BCUT2D eigenvalue weighted by Gasteiger charge is -2.27. The van der Waals surface area contributed by atoms with Gasteiger partial charge in [-0.15, -0.1) is 12.4 Å². The van der Waals surface area contributed by atoms with E-state index in [1.54, 1.807) is 19.1 Å². The van der Waals surface area contributed by atoms with Crippen LogP contribution >= 0.6 is 12.4 Å². The first-order chi connectivity index (χ1) is 12.6. The number of carbonyl (C=O) groups excluding carboxylic acids is 1. The number of hydrogen-bond donors (Lipinski definition) is 1. The van der Waals surface area contributed by atoms with E-state index in [0.717, 1.165) is 32.4 Å². The summed E-state index contributed by atoms with van der Waals surface area (Å²) >= 11 is 0. The van der Waals surface area contributed by atoms with E-state index < -0.39 is 0 Å². The van der Waals surface area contributed by atoms with E-state index >= 15 is 0 Å². The molecule has 1 aromatic heterocycles. The van der Waals surface area contributed by atoms with E-state index in [-0.39, 0.29) is 24.1 Å². The molecular weight excluding hydrogens is 371 g/mol. The minimum absolute atomic E-state index is 0. The monoisotopic (exact) mass is 394 g/mol. The third-order valence-electron chi connectivity index (χ3n) is 5.38. The van der Waals surface area contributed by atoms with Gasteiger partial charge in [-0.3, -0.25) is 4.79 Å². The van der Waals surface area contributed by atoms with Crippen LogP contribution in [0.5, 0.6) is 0 Å². The predicted molar refractivity (Wildman–Crippen MR) is 101 cm³/mol. The van der Waals surface area contributed by atoms with Crippen LogP contribution in [0.25, 0.3) is 11.4 Å². The van der Waals surface area contributed by atoms with Gasteiger partial charge in [0.15, 0.2) is 0 Å². The summed E-state index contributed by atoms with van der Waals surface area (Å²) in [5.41, 5.74) is 1.25. The standard InChI is InChI=1S/C19H23FN4O2.ClH/c1-12-10-13(2-5-16(12)20)19-22-17(26-23-19)6-7-18(25)24-14-3-4-15(24)11-21-9-8-14;/h2,5,10,14-15,21H,3-4,6-9,11H2,1H3;1H. The van der Waals surface area contributed by atoms with E-state index in [2.05, 4.69) is 20.4 Å². The number of aromatic nitrogens is 2. The van der Waals surface area contributed by atoms with Crippen LogP contribution in [0.3, 0.4) is 0 Å². The number of nitrogens with one attached hydrogen (secondary N) is 1. The van der Waals surface area contributed by atoms with E-state index in [1.165, 1.54) is 6.07 Å². The van der Waals surface area contributed by atoms with Gasteiger partial charge < -0.3 is 14.7 Å². The highest BCUT2D eigenvalue weighted by molar-refractivity contribution is 5.85. The van der Waals surface area contributed by atoms with Crippen molar-refractivity contribution in [1.82, 2.24) is 20.4 Å². The Hall–Kier alpha value is -1.99. The lowest BCUT2D eigenvalue weighted by Crippen LogP contribution is -2.42. The topological polar surface area (TPSA) is 71.3 Å². The minimum Gasteiger partial charge on any atom is -0.339 e. The maximum atomic E-state index is 13.4. The molecule has 2 aliphatic rings. The molecule has 2 aliphatic heterocycles. The number of benzene rings is 1. The number of aryl methyl sites for hydroxylation is 2. The van der Waals surface area contributed by atoms with Crippen LogP contribution < -0.4 is 5.32 Å². The number of amides is 1. The van der Waals surface area contributed by atoms with E-state index in [4.69, 9.17) is 4.52 Å². The Morgan fingerprint density at radius 2 is 2.15 bits per heavy atom. The summed E-state index contributed by atoms with van der Waals surface area (Å²) in [6.45, 7) is 3.56. The molecule has 0 saturated carbocycles. The molecule has 1 amide bonds. The van der Waals surface area contributed by atoms with Crippen LogP contribution in [0.15, 0.2) is 22.7 Å². The van der Waals surface area contributed by atoms with Crippen molar-refractivity contribution in [3.8, 4) is 11.4 Å². The molecule has 2 bridgehead atoms. The van der Waals surface area contributed by atoms with Crippen LogP contribution in [-0.2, 0) is 11.2 Å². The zero-order chi connectivity index (χ0) is 18.1. The van der Waals surface area contributed by atoms with Gasteiger partial charge in [-0.05, 0) is 56.5 Å². The van der Waals surface area contributed by atoms with Crippen LogP contribution in [0.4, 0.5) is 4.39 Å². The summed E-state index contributed by atoms with van der Waals surface area (Å²) < 4.78 is 18.7. The number of fused-ring (bicyclic) bond motifs is 2. The van der Waals surface area contributed by atoms with Crippen molar-refractivity contribution in [2.75, 3.05) is 13.1 Å². The second kappa shape index (κ2) is 8.35. The summed E-state index contributed by atoms with van der Waals surface area (Å²) in [5, 5.41) is 7.37. The third-order valence-corrected chi connectivity index (χ3v) is 5.38. The van der Waals surface area contributed by atoms with E-state index in [1.807, 2.05) is 0 Å².